The van der Waals surface area contributed by atoms with Crippen LogP contribution >= 0.6 is 11.6 Å². The van der Waals surface area contributed by atoms with Gasteiger partial charge in [0.25, 0.3) is 6.01 Å². The molecule has 2 heterocycles. The van der Waals surface area contributed by atoms with Gasteiger partial charge < -0.3 is 9.73 Å². The Hall–Kier alpha value is -2.47. The number of nitrogens with one attached hydrogen (secondary N) is 1. The molecule has 0 fully saturated rings. The predicted octanol–water partition coefficient (Wildman–Crippen LogP) is 4.53. The number of fused-ring (bicyclic) bond motifs is 1. The van der Waals surface area contributed by atoms with Crippen molar-refractivity contribution in [3.63, 3.8) is 0 Å². The molecule has 0 bridgehead atoms. The fourth-order valence-electron chi connectivity index (χ4n) is 2.12. The van der Waals surface area contributed by atoms with Crippen LogP contribution in [0, 0.1) is 11.7 Å². The third kappa shape index (κ3) is 3.54. The second-order valence-electron chi connectivity index (χ2n) is 5.69. The number of benzene rings is 1. The van der Waals surface area contributed by atoms with E-state index < -0.39 is 0 Å². The van der Waals surface area contributed by atoms with Gasteiger partial charge in [-0.1, -0.05) is 25.4 Å². The van der Waals surface area contributed by atoms with Crippen molar-refractivity contribution in [2.45, 2.75) is 20.3 Å². The molecule has 0 unspecified atom stereocenters. The Morgan fingerprint density at radius 1 is 1.29 bits per heavy atom. The van der Waals surface area contributed by atoms with Gasteiger partial charge in [0, 0.05) is 24.1 Å². The molecule has 3 aromatic rings. The van der Waals surface area contributed by atoms with Gasteiger partial charge in [-0.3, -0.25) is 4.79 Å². The van der Waals surface area contributed by atoms with Crippen LogP contribution < -0.4 is 5.32 Å². The quantitative estimate of drug-likeness (QED) is 0.687. The summed E-state index contributed by atoms with van der Waals surface area (Å²) in [5, 5.41) is 3.11. The highest BCUT2D eigenvalue weighted by Crippen LogP contribution is 2.26. The van der Waals surface area contributed by atoms with Crippen LogP contribution in [0.1, 0.15) is 19.5 Å². The summed E-state index contributed by atoms with van der Waals surface area (Å²) >= 11 is 6.15. The Labute approximate surface area is 142 Å². The minimum absolute atomic E-state index is 0.0523. The highest BCUT2D eigenvalue weighted by atomic mass is 35.5. The van der Waals surface area contributed by atoms with Crippen LogP contribution in [0.25, 0.3) is 11.1 Å². The van der Waals surface area contributed by atoms with Gasteiger partial charge in [0.2, 0.25) is 0 Å². The summed E-state index contributed by atoms with van der Waals surface area (Å²) in [6.07, 6.45) is 0.236. The van der Waals surface area contributed by atoms with Gasteiger partial charge in [0.1, 0.15) is 17.1 Å². The van der Waals surface area contributed by atoms with E-state index >= 15 is 0 Å². The Morgan fingerprint density at radius 2 is 2.08 bits per heavy atom. The molecule has 0 atom stereocenters. The van der Waals surface area contributed by atoms with Crippen LogP contribution in [-0.2, 0) is 11.2 Å². The van der Waals surface area contributed by atoms with E-state index in [0.717, 1.165) is 0 Å². The molecule has 24 heavy (non-hydrogen) atoms. The van der Waals surface area contributed by atoms with Crippen LogP contribution in [0.5, 0.6) is 0 Å². The van der Waals surface area contributed by atoms with Gasteiger partial charge in [-0.25, -0.2) is 9.37 Å². The molecule has 7 heteroatoms. The number of carbonyl (C=O) groups excluding carboxylic acids is 1. The summed E-state index contributed by atoms with van der Waals surface area (Å²) in [6, 6.07) is 7.69. The monoisotopic (exact) mass is 347 g/mol. The molecule has 0 aliphatic rings. The van der Waals surface area contributed by atoms with E-state index in [0.29, 0.717) is 22.5 Å². The standard InChI is InChI=1S/C17H15ClFN3O2/c1-9(2)14(23)8-11-4-5-12(16(18)20-11)21-17-22-13-7-10(19)3-6-15(13)24-17/h3-7,9H,8H2,1-2H3,(H,21,22). The maximum Gasteiger partial charge on any atom is 0.300 e. The smallest absolute Gasteiger partial charge is 0.300 e. The van der Waals surface area contributed by atoms with Gasteiger partial charge in [-0.05, 0) is 24.3 Å². The first-order chi connectivity index (χ1) is 11.4. The summed E-state index contributed by atoms with van der Waals surface area (Å²) in [7, 11) is 0. The number of aromatic nitrogens is 2. The third-order valence-electron chi connectivity index (χ3n) is 3.50. The fourth-order valence-corrected chi connectivity index (χ4v) is 2.33. The summed E-state index contributed by atoms with van der Waals surface area (Å²) in [5.74, 6) is -0.343. The van der Waals surface area contributed by atoms with Crippen molar-refractivity contribution in [1.29, 1.82) is 0 Å². The number of oxazole rings is 1. The van der Waals surface area contributed by atoms with Crippen LogP contribution in [0.2, 0.25) is 5.15 Å². The van der Waals surface area contributed by atoms with E-state index in [1.165, 1.54) is 18.2 Å². The summed E-state index contributed by atoms with van der Waals surface area (Å²) in [6.45, 7) is 3.69. The zero-order valence-corrected chi connectivity index (χ0v) is 13.9. The first-order valence-corrected chi connectivity index (χ1v) is 7.81. The highest BCUT2D eigenvalue weighted by Gasteiger charge is 2.13. The lowest BCUT2D eigenvalue weighted by Gasteiger charge is -2.07. The number of ketones is 1. The van der Waals surface area contributed by atoms with Crippen LogP contribution in [0.15, 0.2) is 34.7 Å². The second-order valence-corrected chi connectivity index (χ2v) is 6.05. The third-order valence-corrected chi connectivity index (χ3v) is 3.79. The molecule has 0 spiro atoms. The maximum atomic E-state index is 13.2. The zero-order valence-electron chi connectivity index (χ0n) is 13.1. The molecule has 0 aliphatic heterocycles. The molecule has 0 saturated carbocycles. The van der Waals surface area contributed by atoms with E-state index in [9.17, 15) is 9.18 Å². The van der Waals surface area contributed by atoms with E-state index in [2.05, 4.69) is 15.3 Å². The highest BCUT2D eigenvalue weighted by molar-refractivity contribution is 6.32. The molecular formula is C17H15ClFN3O2. The van der Waals surface area contributed by atoms with Gasteiger partial charge in [0.15, 0.2) is 10.7 Å². The molecule has 1 aromatic carbocycles. The maximum absolute atomic E-state index is 13.2. The number of anilines is 2. The Bertz CT molecular complexity index is 908. The number of nitrogens with zero attached hydrogens (tertiary/aromatic N) is 2. The van der Waals surface area contributed by atoms with Crippen molar-refractivity contribution >= 4 is 40.2 Å². The molecular weight excluding hydrogens is 333 g/mol. The van der Waals surface area contributed by atoms with E-state index in [1.807, 2.05) is 13.8 Å². The van der Waals surface area contributed by atoms with Crippen LogP contribution in [-0.4, -0.2) is 15.8 Å². The van der Waals surface area contributed by atoms with Crippen molar-refractivity contribution in [3.05, 3.63) is 47.0 Å². The van der Waals surface area contributed by atoms with Crippen LogP contribution in [0.4, 0.5) is 16.1 Å². The average molecular weight is 348 g/mol. The topological polar surface area (TPSA) is 68.0 Å². The molecule has 0 radical (unpaired) electrons. The van der Waals surface area contributed by atoms with E-state index in [-0.39, 0.29) is 35.1 Å². The van der Waals surface area contributed by atoms with Gasteiger partial charge >= 0.3 is 0 Å². The fraction of sp³-hybridized carbons (Fsp3) is 0.235. The minimum Gasteiger partial charge on any atom is -0.423 e. The average Bonchev–Trinajstić information content (AvgIpc) is 2.91. The van der Waals surface area contributed by atoms with Crippen molar-refractivity contribution in [3.8, 4) is 0 Å². The van der Waals surface area contributed by atoms with E-state index in [4.69, 9.17) is 16.0 Å². The minimum atomic E-state index is -0.388. The lowest BCUT2D eigenvalue weighted by molar-refractivity contribution is -0.121. The first-order valence-electron chi connectivity index (χ1n) is 7.43. The van der Waals surface area contributed by atoms with Gasteiger partial charge in [-0.2, -0.15) is 4.98 Å². The number of hydrogen-bond donors (Lipinski definition) is 1. The molecule has 124 valence electrons. The second kappa shape index (κ2) is 6.57. The normalized spacial score (nSPS) is 11.2. The number of rotatable bonds is 5. The molecule has 2 aromatic heterocycles. The molecule has 0 aliphatic carbocycles. The Balaban J connectivity index is 1.80. The van der Waals surface area contributed by atoms with Gasteiger partial charge in [-0.15, -0.1) is 0 Å². The van der Waals surface area contributed by atoms with Gasteiger partial charge in [0.05, 0.1) is 5.69 Å². The number of carbonyl (C=O) groups is 1. The number of halogens is 2. The van der Waals surface area contributed by atoms with Crippen LogP contribution in [0.3, 0.4) is 0 Å². The lowest BCUT2D eigenvalue weighted by atomic mass is 10.0. The van der Waals surface area contributed by atoms with Crippen molar-refractivity contribution < 1.29 is 13.6 Å². The lowest BCUT2D eigenvalue weighted by Crippen LogP contribution is -2.11. The number of pyridine rings is 1. The summed E-state index contributed by atoms with van der Waals surface area (Å²) < 4.78 is 18.7. The largest absolute Gasteiger partial charge is 0.423 e. The predicted molar refractivity (Wildman–Crippen MR) is 90.0 cm³/mol. The van der Waals surface area contributed by atoms with E-state index in [1.54, 1.807) is 12.1 Å². The first kappa shape index (κ1) is 16.4. The summed E-state index contributed by atoms with van der Waals surface area (Å²) in [4.78, 5) is 20.1. The number of hydrogen-bond acceptors (Lipinski definition) is 5. The van der Waals surface area contributed by atoms with Crippen molar-refractivity contribution in [1.82, 2.24) is 9.97 Å². The molecule has 1 N–H and O–H groups in total. The molecule has 0 saturated heterocycles. The molecule has 0 amide bonds. The summed E-state index contributed by atoms with van der Waals surface area (Å²) in [5.41, 5.74) is 1.95. The number of Topliss-reactive ketones (excluding diaryl/α,β-unsaturated/α-hetero) is 1. The van der Waals surface area contributed by atoms with Crippen molar-refractivity contribution in [2.24, 2.45) is 5.92 Å². The molecule has 3 rings (SSSR count). The SMILES string of the molecule is CC(C)C(=O)Cc1ccc(Nc2nc3cc(F)ccc3o2)c(Cl)n1. The Kier molecular flexibility index (Phi) is 4.49. The zero-order chi connectivity index (χ0) is 17.3. The van der Waals surface area contributed by atoms with Crippen molar-refractivity contribution in [2.75, 3.05) is 5.32 Å². The Morgan fingerprint density at radius 3 is 2.79 bits per heavy atom. The molecule has 5 nitrogen and oxygen atoms in total.